The second kappa shape index (κ2) is 7.17. The first-order valence-electron chi connectivity index (χ1n) is 5.16. The number of nitrogens with one attached hydrogen (secondary N) is 2. The molecule has 1 rings (SSSR count). The number of ether oxygens (including phenoxy) is 1. The maximum atomic E-state index is 11.3. The average molecular weight is 284 g/mol. The molecule has 0 saturated heterocycles. The molecule has 0 unspecified atom stereocenters. The average Bonchev–Trinajstić information content (AvgIpc) is 2.83. The fourth-order valence-electron chi connectivity index (χ4n) is 1.03. The van der Waals surface area contributed by atoms with Crippen LogP contribution in [0.2, 0.25) is 0 Å². The van der Waals surface area contributed by atoms with Crippen LogP contribution in [0.25, 0.3) is 0 Å². The third kappa shape index (κ3) is 5.21. The first-order valence-corrected chi connectivity index (χ1v) is 6.04. The molecule has 3 amide bonds. The van der Waals surface area contributed by atoms with Gasteiger partial charge >= 0.3 is 12.0 Å². The number of carbonyl (C=O) groups is 3. The van der Waals surface area contributed by atoms with Crippen LogP contribution in [0.15, 0.2) is 24.1 Å². The maximum Gasteiger partial charge on any atom is 0.346 e. The van der Waals surface area contributed by atoms with E-state index >= 15 is 0 Å². The zero-order valence-corrected chi connectivity index (χ0v) is 10.7. The highest BCUT2D eigenvalue weighted by atomic mass is 32.1. The Morgan fingerprint density at radius 2 is 2.21 bits per heavy atom. The molecule has 0 fully saturated rings. The van der Waals surface area contributed by atoms with Crippen molar-refractivity contribution in [2.24, 2.45) is 0 Å². The van der Waals surface area contributed by atoms with E-state index in [1.54, 1.807) is 0 Å². The Kier molecular flexibility index (Phi) is 5.55. The zero-order valence-electron chi connectivity index (χ0n) is 9.84. The van der Waals surface area contributed by atoms with Gasteiger partial charge in [-0.3, -0.25) is 10.1 Å². The summed E-state index contributed by atoms with van der Waals surface area (Å²) in [6, 6.07) is 0.656. The molecule has 8 heteroatoms. The summed E-state index contributed by atoms with van der Waals surface area (Å²) in [6.45, 7) is 3.27. The SMILES string of the molecule is C=CCNC(=O)NC(=O)COc1csc(C(=O)O)c1. The summed E-state index contributed by atoms with van der Waals surface area (Å²) in [4.78, 5) is 33.1. The number of rotatable bonds is 6. The lowest BCUT2D eigenvalue weighted by Gasteiger charge is -2.05. The van der Waals surface area contributed by atoms with E-state index in [2.05, 4.69) is 11.9 Å². The molecule has 0 aromatic carbocycles. The van der Waals surface area contributed by atoms with Crippen molar-refractivity contribution in [3.63, 3.8) is 0 Å². The van der Waals surface area contributed by atoms with Gasteiger partial charge in [-0.25, -0.2) is 9.59 Å². The molecule has 0 atom stereocenters. The quantitative estimate of drug-likeness (QED) is 0.671. The second-order valence-corrected chi connectivity index (χ2v) is 4.20. The Morgan fingerprint density at radius 3 is 2.79 bits per heavy atom. The third-order valence-electron chi connectivity index (χ3n) is 1.82. The Labute approximate surface area is 112 Å². The molecule has 0 aliphatic rings. The van der Waals surface area contributed by atoms with Gasteiger partial charge in [-0.05, 0) is 0 Å². The number of urea groups is 1. The van der Waals surface area contributed by atoms with E-state index in [1.165, 1.54) is 17.5 Å². The summed E-state index contributed by atoms with van der Waals surface area (Å²) in [5, 5.41) is 14.6. The maximum absolute atomic E-state index is 11.3. The number of hydrogen-bond acceptors (Lipinski definition) is 5. The standard InChI is InChI=1S/C11H12N2O5S/c1-2-3-12-11(17)13-9(14)5-18-7-4-8(10(15)16)19-6-7/h2,4,6H,1,3,5H2,(H,15,16)(H2,12,13,14,17). The van der Waals surface area contributed by atoms with Crippen molar-refractivity contribution >= 4 is 29.2 Å². The summed E-state index contributed by atoms with van der Waals surface area (Å²) in [5.74, 6) is -1.43. The van der Waals surface area contributed by atoms with E-state index < -0.39 is 17.9 Å². The Balaban J connectivity index is 2.35. The van der Waals surface area contributed by atoms with Crippen molar-refractivity contribution in [3.8, 4) is 5.75 Å². The van der Waals surface area contributed by atoms with Crippen LogP contribution >= 0.6 is 11.3 Å². The van der Waals surface area contributed by atoms with Gasteiger partial charge < -0.3 is 15.2 Å². The molecule has 7 nitrogen and oxygen atoms in total. The summed E-state index contributed by atoms with van der Waals surface area (Å²) >= 11 is 0.988. The number of imide groups is 1. The minimum atomic E-state index is -1.06. The molecule has 0 spiro atoms. The van der Waals surface area contributed by atoms with Crippen LogP contribution in [-0.2, 0) is 4.79 Å². The minimum Gasteiger partial charge on any atom is -0.483 e. The van der Waals surface area contributed by atoms with Crippen LogP contribution in [0.1, 0.15) is 9.67 Å². The molecule has 19 heavy (non-hydrogen) atoms. The van der Waals surface area contributed by atoms with Crippen LogP contribution in [0, 0.1) is 0 Å². The van der Waals surface area contributed by atoms with Crippen molar-refractivity contribution in [1.29, 1.82) is 0 Å². The molecule has 1 heterocycles. The molecule has 0 radical (unpaired) electrons. The predicted octanol–water partition coefficient (Wildman–Crippen LogP) is 0.837. The molecule has 0 aliphatic heterocycles. The summed E-state index contributed by atoms with van der Waals surface area (Å²) in [5.41, 5.74) is 0. The van der Waals surface area contributed by atoms with Gasteiger partial charge in [-0.2, -0.15) is 0 Å². The molecule has 0 saturated carbocycles. The van der Waals surface area contributed by atoms with Crippen LogP contribution in [0.4, 0.5) is 4.79 Å². The Hall–Kier alpha value is -2.35. The van der Waals surface area contributed by atoms with E-state index in [-0.39, 0.29) is 23.8 Å². The van der Waals surface area contributed by atoms with Crippen LogP contribution in [-0.4, -0.2) is 36.2 Å². The monoisotopic (exact) mass is 284 g/mol. The molecular weight excluding hydrogens is 272 g/mol. The van der Waals surface area contributed by atoms with Crippen molar-refractivity contribution in [2.45, 2.75) is 0 Å². The first-order chi connectivity index (χ1) is 9.02. The number of hydrogen-bond donors (Lipinski definition) is 3. The van der Waals surface area contributed by atoms with Crippen LogP contribution < -0.4 is 15.4 Å². The number of carboxylic acid groups (broad SMARTS) is 1. The van der Waals surface area contributed by atoms with Gasteiger partial charge in [-0.15, -0.1) is 17.9 Å². The molecule has 0 bridgehead atoms. The van der Waals surface area contributed by atoms with Crippen LogP contribution in [0.3, 0.4) is 0 Å². The summed E-state index contributed by atoms with van der Waals surface area (Å²) in [6.07, 6.45) is 1.47. The zero-order chi connectivity index (χ0) is 14.3. The highest BCUT2D eigenvalue weighted by Gasteiger charge is 2.10. The molecule has 1 aromatic heterocycles. The topological polar surface area (TPSA) is 105 Å². The van der Waals surface area contributed by atoms with E-state index in [9.17, 15) is 14.4 Å². The minimum absolute atomic E-state index is 0.110. The fourth-order valence-corrected chi connectivity index (χ4v) is 1.69. The van der Waals surface area contributed by atoms with Crippen LogP contribution in [0.5, 0.6) is 5.75 Å². The lowest BCUT2D eigenvalue weighted by molar-refractivity contribution is -0.122. The van der Waals surface area contributed by atoms with Gasteiger partial charge in [0.15, 0.2) is 6.61 Å². The normalized spacial score (nSPS) is 9.47. The summed E-state index contributed by atoms with van der Waals surface area (Å²) in [7, 11) is 0. The lowest BCUT2D eigenvalue weighted by atomic mass is 10.4. The lowest BCUT2D eigenvalue weighted by Crippen LogP contribution is -2.41. The van der Waals surface area contributed by atoms with Gasteiger partial charge in [0.05, 0.1) is 0 Å². The van der Waals surface area contributed by atoms with Crippen molar-refractivity contribution in [2.75, 3.05) is 13.2 Å². The third-order valence-corrected chi connectivity index (χ3v) is 2.71. The van der Waals surface area contributed by atoms with E-state index in [1.807, 2.05) is 5.32 Å². The largest absolute Gasteiger partial charge is 0.483 e. The van der Waals surface area contributed by atoms with Crippen molar-refractivity contribution in [1.82, 2.24) is 10.6 Å². The van der Waals surface area contributed by atoms with Gasteiger partial charge in [0.1, 0.15) is 10.6 Å². The molecule has 3 N–H and O–H groups in total. The Bertz CT molecular complexity index is 497. The smallest absolute Gasteiger partial charge is 0.346 e. The van der Waals surface area contributed by atoms with Gasteiger partial charge in [0.2, 0.25) is 0 Å². The van der Waals surface area contributed by atoms with Gasteiger partial charge in [0, 0.05) is 18.0 Å². The number of carboxylic acids is 1. The molecular formula is C11H12N2O5S. The van der Waals surface area contributed by atoms with Gasteiger partial charge in [0.25, 0.3) is 5.91 Å². The van der Waals surface area contributed by atoms with E-state index in [0.29, 0.717) is 0 Å². The number of aromatic carboxylic acids is 1. The fraction of sp³-hybridized carbons (Fsp3) is 0.182. The van der Waals surface area contributed by atoms with Crippen molar-refractivity contribution in [3.05, 3.63) is 29.0 Å². The highest BCUT2D eigenvalue weighted by molar-refractivity contribution is 7.12. The van der Waals surface area contributed by atoms with Crippen molar-refractivity contribution < 1.29 is 24.2 Å². The van der Waals surface area contributed by atoms with E-state index in [0.717, 1.165) is 11.3 Å². The number of carbonyl (C=O) groups excluding carboxylic acids is 2. The number of thiophene rings is 1. The molecule has 0 aliphatic carbocycles. The molecule has 1 aromatic rings. The first kappa shape index (κ1) is 14.7. The number of amides is 3. The van der Waals surface area contributed by atoms with Gasteiger partial charge in [-0.1, -0.05) is 6.08 Å². The predicted molar refractivity (Wildman–Crippen MR) is 68.5 cm³/mol. The molecule has 102 valence electrons. The van der Waals surface area contributed by atoms with E-state index in [4.69, 9.17) is 9.84 Å². The highest BCUT2D eigenvalue weighted by Crippen LogP contribution is 2.21. The Morgan fingerprint density at radius 1 is 1.47 bits per heavy atom. The summed E-state index contributed by atoms with van der Waals surface area (Å²) < 4.78 is 5.04. The second-order valence-electron chi connectivity index (χ2n) is 3.29.